The van der Waals surface area contributed by atoms with E-state index in [1.165, 1.54) is 7.11 Å². The van der Waals surface area contributed by atoms with Gasteiger partial charge in [0.1, 0.15) is 6.54 Å². The minimum atomic E-state index is -0.645. The average Bonchev–Trinajstić information content (AvgIpc) is 3.15. The molecular formula is C14H15N3O3S. The molecule has 110 valence electrons. The zero-order valence-corrected chi connectivity index (χ0v) is 12.4. The van der Waals surface area contributed by atoms with Gasteiger partial charge in [0.25, 0.3) is 0 Å². The fourth-order valence-electron chi connectivity index (χ4n) is 2.57. The van der Waals surface area contributed by atoms with Gasteiger partial charge in [-0.1, -0.05) is 0 Å². The number of methoxy groups -OCH3 is 1. The molecule has 2 aromatic rings. The van der Waals surface area contributed by atoms with Crippen LogP contribution in [-0.4, -0.2) is 40.2 Å². The molecule has 3 heterocycles. The summed E-state index contributed by atoms with van der Waals surface area (Å²) in [6, 6.07) is 3.01. The molecule has 1 aliphatic heterocycles. The van der Waals surface area contributed by atoms with Crippen molar-refractivity contribution in [2.45, 2.75) is 19.0 Å². The fraction of sp³-hybridized carbons (Fsp3) is 0.357. The molecule has 7 heteroatoms. The molecule has 3 rings (SSSR count). The summed E-state index contributed by atoms with van der Waals surface area (Å²) < 4.78 is 6.44. The molecule has 0 bridgehead atoms. The number of fused-ring (bicyclic) bond motifs is 1. The highest BCUT2D eigenvalue weighted by Crippen LogP contribution is 2.34. The zero-order valence-electron chi connectivity index (χ0n) is 11.6. The van der Waals surface area contributed by atoms with Crippen molar-refractivity contribution >= 4 is 23.2 Å². The number of amides is 1. The van der Waals surface area contributed by atoms with Crippen molar-refractivity contribution < 1.29 is 14.3 Å². The van der Waals surface area contributed by atoms with Crippen molar-refractivity contribution in [2.75, 3.05) is 13.7 Å². The summed E-state index contributed by atoms with van der Waals surface area (Å²) in [5.41, 5.74) is 0.881. The third-order valence-electron chi connectivity index (χ3n) is 3.57. The Balaban J connectivity index is 1.86. The van der Waals surface area contributed by atoms with Crippen molar-refractivity contribution in [3.8, 4) is 0 Å². The van der Waals surface area contributed by atoms with Crippen molar-refractivity contribution in [3.05, 3.63) is 40.3 Å². The Hall–Kier alpha value is -2.15. The van der Waals surface area contributed by atoms with Gasteiger partial charge in [-0.05, 0) is 29.5 Å². The lowest BCUT2D eigenvalue weighted by Gasteiger charge is -2.34. The number of hydrogen-bond donors (Lipinski definition) is 0. The molecule has 21 heavy (non-hydrogen) atoms. The van der Waals surface area contributed by atoms with Crippen molar-refractivity contribution in [2.24, 2.45) is 0 Å². The van der Waals surface area contributed by atoms with E-state index in [1.807, 2.05) is 11.4 Å². The van der Waals surface area contributed by atoms with Gasteiger partial charge in [-0.25, -0.2) is 4.79 Å². The third-order valence-corrected chi connectivity index (χ3v) is 4.56. The Morgan fingerprint density at radius 1 is 1.52 bits per heavy atom. The fourth-order valence-corrected chi connectivity index (χ4v) is 3.48. The molecule has 0 aromatic carbocycles. The average molecular weight is 305 g/mol. The number of rotatable bonds is 3. The van der Waals surface area contributed by atoms with Crippen molar-refractivity contribution in [1.82, 2.24) is 14.7 Å². The van der Waals surface area contributed by atoms with Gasteiger partial charge in [0.15, 0.2) is 6.04 Å². The van der Waals surface area contributed by atoms with Crippen LogP contribution in [0.15, 0.2) is 29.9 Å². The van der Waals surface area contributed by atoms with Crippen LogP contribution in [0.25, 0.3) is 0 Å². The standard InChI is InChI=1S/C14H15N3O3S/c1-20-14(19)13-10-4-8-21-11(10)3-7-17(13)12(18)9-16-6-2-5-15-16/h2,4-6,8,13H,3,7,9H2,1H3/t13-/m0/s1. The lowest BCUT2D eigenvalue weighted by Crippen LogP contribution is -2.44. The molecule has 0 aliphatic carbocycles. The summed E-state index contributed by atoms with van der Waals surface area (Å²) in [7, 11) is 1.35. The normalized spacial score (nSPS) is 17.4. The molecule has 6 nitrogen and oxygen atoms in total. The number of esters is 1. The smallest absolute Gasteiger partial charge is 0.333 e. The van der Waals surface area contributed by atoms with Gasteiger partial charge in [-0.2, -0.15) is 5.10 Å². The molecule has 0 spiro atoms. The van der Waals surface area contributed by atoms with Crippen LogP contribution in [-0.2, 0) is 27.3 Å². The quantitative estimate of drug-likeness (QED) is 0.801. The first-order valence-electron chi connectivity index (χ1n) is 6.61. The molecule has 1 atom stereocenters. The van der Waals surface area contributed by atoms with E-state index >= 15 is 0 Å². The highest BCUT2D eigenvalue weighted by atomic mass is 32.1. The highest BCUT2D eigenvalue weighted by Gasteiger charge is 2.37. The van der Waals surface area contributed by atoms with Crippen LogP contribution in [0.4, 0.5) is 0 Å². The monoisotopic (exact) mass is 305 g/mol. The minimum Gasteiger partial charge on any atom is -0.467 e. The molecule has 0 saturated carbocycles. The second-order valence-electron chi connectivity index (χ2n) is 4.77. The number of hydrogen-bond acceptors (Lipinski definition) is 5. The molecular weight excluding hydrogens is 290 g/mol. The van der Waals surface area contributed by atoms with Gasteiger partial charge in [0.2, 0.25) is 5.91 Å². The minimum absolute atomic E-state index is 0.125. The van der Waals surface area contributed by atoms with E-state index in [1.54, 1.807) is 39.4 Å². The number of carbonyl (C=O) groups is 2. The van der Waals surface area contributed by atoms with Crippen LogP contribution in [0.1, 0.15) is 16.5 Å². The molecule has 0 saturated heterocycles. The lowest BCUT2D eigenvalue weighted by atomic mass is 10.00. The highest BCUT2D eigenvalue weighted by molar-refractivity contribution is 7.10. The zero-order chi connectivity index (χ0) is 14.8. The van der Waals surface area contributed by atoms with E-state index in [-0.39, 0.29) is 12.5 Å². The van der Waals surface area contributed by atoms with E-state index in [0.29, 0.717) is 6.54 Å². The Labute approximate surface area is 125 Å². The largest absolute Gasteiger partial charge is 0.467 e. The van der Waals surface area contributed by atoms with Crippen LogP contribution in [0.5, 0.6) is 0 Å². The number of thiophene rings is 1. The number of ether oxygens (including phenoxy) is 1. The first-order valence-corrected chi connectivity index (χ1v) is 7.49. The summed E-state index contributed by atoms with van der Waals surface area (Å²) in [6.45, 7) is 0.646. The molecule has 1 amide bonds. The molecule has 2 aromatic heterocycles. The molecule has 0 N–H and O–H groups in total. The Bertz CT molecular complexity index is 650. The third kappa shape index (κ3) is 2.56. The Morgan fingerprint density at radius 3 is 3.10 bits per heavy atom. The van der Waals surface area contributed by atoms with Crippen LogP contribution < -0.4 is 0 Å². The molecule has 0 radical (unpaired) electrons. The number of nitrogens with zero attached hydrogens (tertiary/aromatic N) is 3. The first kappa shape index (κ1) is 13.8. The predicted molar refractivity (Wildman–Crippen MR) is 76.7 cm³/mol. The Kier molecular flexibility index (Phi) is 3.74. The van der Waals surface area contributed by atoms with Gasteiger partial charge in [-0.3, -0.25) is 9.48 Å². The maximum absolute atomic E-state index is 12.5. The predicted octanol–water partition coefficient (Wildman–Crippen LogP) is 1.24. The summed E-state index contributed by atoms with van der Waals surface area (Å²) in [5.74, 6) is -0.533. The van der Waals surface area contributed by atoms with E-state index in [0.717, 1.165) is 16.9 Å². The number of carbonyl (C=O) groups excluding carboxylic acids is 2. The summed E-state index contributed by atoms with van der Waals surface area (Å²) in [6.07, 6.45) is 4.12. The topological polar surface area (TPSA) is 64.4 Å². The van der Waals surface area contributed by atoms with Crippen LogP contribution in [0.2, 0.25) is 0 Å². The van der Waals surface area contributed by atoms with Crippen molar-refractivity contribution in [1.29, 1.82) is 0 Å². The molecule has 0 fully saturated rings. The lowest BCUT2D eigenvalue weighted by molar-refractivity contribution is -0.154. The summed E-state index contributed by atoms with van der Waals surface area (Å²) >= 11 is 1.61. The van der Waals surface area contributed by atoms with E-state index in [4.69, 9.17) is 4.74 Å². The van der Waals surface area contributed by atoms with Crippen LogP contribution >= 0.6 is 11.3 Å². The second kappa shape index (κ2) is 5.69. The molecule has 1 aliphatic rings. The molecule has 0 unspecified atom stereocenters. The van der Waals surface area contributed by atoms with Gasteiger partial charge >= 0.3 is 5.97 Å². The van der Waals surface area contributed by atoms with Gasteiger partial charge in [-0.15, -0.1) is 11.3 Å². The maximum atomic E-state index is 12.5. The summed E-state index contributed by atoms with van der Waals surface area (Å²) in [4.78, 5) is 27.3. The van der Waals surface area contributed by atoms with Gasteiger partial charge in [0.05, 0.1) is 7.11 Å². The van der Waals surface area contributed by atoms with Crippen LogP contribution in [0.3, 0.4) is 0 Å². The van der Waals surface area contributed by atoms with E-state index < -0.39 is 12.0 Å². The maximum Gasteiger partial charge on any atom is 0.333 e. The van der Waals surface area contributed by atoms with Crippen LogP contribution in [0, 0.1) is 0 Å². The van der Waals surface area contributed by atoms with E-state index in [9.17, 15) is 9.59 Å². The second-order valence-corrected chi connectivity index (χ2v) is 5.77. The summed E-state index contributed by atoms with van der Waals surface area (Å²) in [5, 5.41) is 5.98. The van der Waals surface area contributed by atoms with E-state index in [2.05, 4.69) is 5.10 Å². The van der Waals surface area contributed by atoms with Gasteiger partial charge < -0.3 is 9.64 Å². The van der Waals surface area contributed by atoms with Gasteiger partial charge in [0, 0.05) is 23.8 Å². The van der Waals surface area contributed by atoms with Crippen molar-refractivity contribution in [3.63, 3.8) is 0 Å². The SMILES string of the molecule is COC(=O)[C@@H]1c2ccsc2CCN1C(=O)Cn1cccn1. The Morgan fingerprint density at radius 2 is 2.38 bits per heavy atom. The number of aromatic nitrogens is 2. The first-order chi connectivity index (χ1) is 10.2.